The van der Waals surface area contributed by atoms with Crippen molar-refractivity contribution in [3.8, 4) is 0 Å². The monoisotopic (exact) mass is 245 g/mol. The second kappa shape index (κ2) is 3.54. The molecule has 1 unspecified atom stereocenters. The van der Waals surface area contributed by atoms with Crippen LogP contribution in [0.4, 0.5) is 13.2 Å². The Labute approximate surface area is 82.6 Å². The number of alkyl halides is 3. The Morgan fingerprint density at radius 1 is 1.47 bits per heavy atom. The lowest BCUT2D eigenvalue weighted by atomic mass is 10.3. The maximum atomic E-state index is 12.2. The summed E-state index contributed by atoms with van der Waals surface area (Å²) in [6.07, 6.45) is -0.396. The van der Waals surface area contributed by atoms with E-state index >= 15 is 0 Å². The SMILES string of the molecule is [N-]=[N+]=NC1(S(=O)(=O)C(F)(F)F)CCCO1. The fourth-order valence-electron chi connectivity index (χ4n) is 1.19. The van der Waals surface area contributed by atoms with E-state index in [1.807, 2.05) is 0 Å². The van der Waals surface area contributed by atoms with Crippen LogP contribution in [-0.2, 0) is 14.6 Å². The number of hydrogen-bond acceptors (Lipinski definition) is 4. The Kier molecular flexibility index (Phi) is 2.85. The van der Waals surface area contributed by atoms with E-state index in [1.54, 1.807) is 0 Å². The third-order valence-corrected chi connectivity index (χ3v) is 3.74. The molecule has 1 aliphatic heterocycles. The summed E-state index contributed by atoms with van der Waals surface area (Å²) in [7, 11) is -5.64. The van der Waals surface area contributed by atoms with Gasteiger partial charge in [0.15, 0.2) is 0 Å². The van der Waals surface area contributed by atoms with Gasteiger partial charge in [-0.15, -0.1) is 0 Å². The zero-order chi connectivity index (χ0) is 11.7. The Hall–Kier alpha value is -0.990. The number of nitrogens with zero attached hydrogens (tertiary/aromatic N) is 3. The molecule has 1 saturated heterocycles. The van der Waals surface area contributed by atoms with Crippen molar-refractivity contribution in [1.29, 1.82) is 0 Å². The van der Waals surface area contributed by atoms with E-state index < -0.39 is 26.8 Å². The highest BCUT2D eigenvalue weighted by molar-refractivity contribution is 7.93. The van der Waals surface area contributed by atoms with Crippen molar-refractivity contribution >= 4 is 9.84 Å². The van der Waals surface area contributed by atoms with Gasteiger partial charge < -0.3 is 4.74 Å². The minimum Gasteiger partial charge on any atom is -0.354 e. The maximum Gasteiger partial charge on any atom is 0.500 e. The number of rotatable bonds is 2. The molecule has 1 heterocycles. The number of ether oxygens (including phenoxy) is 1. The number of halogens is 3. The van der Waals surface area contributed by atoms with Crippen LogP contribution >= 0.6 is 0 Å². The summed E-state index contributed by atoms with van der Waals surface area (Å²) in [6, 6.07) is 0. The van der Waals surface area contributed by atoms with Crippen molar-refractivity contribution < 1.29 is 26.3 Å². The lowest BCUT2D eigenvalue weighted by Gasteiger charge is -2.23. The van der Waals surface area contributed by atoms with Crippen LogP contribution in [0, 0.1) is 0 Å². The molecule has 86 valence electrons. The molecule has 0 radical (unpaired) electrons. The molecule has 0 aliphatic carbocycles. The van der Waals surface area contributed by atoms with Gasteiger partial charge in [0.25, 0.3) is 14.9 Å². The third-order valence-electron chi connectivity index (χ3n) is 1.89. The predicted molar refractivity (Wildman–Crippen MR) is 42.0 cm³/mol. The van der Waals surface area contributed by atoms with E-state index in [2.05, 4.69) is 14.8 Å². The summed E-state index contributed by atoms with van der Waals surface area (Å²) in [5.74, 6) is 0. The maximum absolute atomic E-state index is 12.2. The lowest BCUT2D eigenvalue weighted by molar-refractivity contribution is -0.0545. The Morgan fingerprint density at radius 2 is 2.07 bits per heavy atom. The van der Waals surface area contributed by atoms with Crippen LogP contribution in [0.5, 0.6) is 0 Å². The fraction of sp³-hybridized carbons (Fsp3) is 1.00. The van der Waals surface area contributed by atoms with Crippen LogP contribution in [0.15, 0.2) is 5.11 Å². The topological polar surface area (TPSA) is 92.1 Å². The molecule has 6 nitrogen and oxygen atoms in total. The highest BCUT2D eigenvalue weighted by Crippen LogP contribution is 2.41. The van der Waals surface area contributed by atoms with Crippen LogP contribution in [0.3, 0.4) is 0 Å². The molecular formula is C5H6F3N3O3S. The van der Waals surface area contributed by atoms with Crippen molar-refractivity contribution in [2.75, 3.05) is 6.61 Å². The van der Waals surface area contributed by atoms with E-state index in [-0.39, 0.29) is 13.0 Å². The van der Waals surface area contributed by atoms with Crippen molar-refractivity contribution in [3.63, 3.8) is 0 Å². The Morgan fingerprint density at radius 3 is 2.40 bits per heavy atom. The normalized spacial score (nSPS) is 27.4. The molecule has 0 bridgehead atoms. The first-order chi connectivity index (χ1) is 6.77. The van der Waals surface area contributed by atoms with Gasteiger partial charge in [0.05, 0.1) is 0 Å². The van der Waals surface area contributed by atoms with Crippen LogP contribution in [0.1, 0.15) is 12.8 Å². The van der Waals surface area contributed by atoms with E-state index in [0.717, 1.165) is 0 Å². The third kappa shape index (κ3) is 1.75. The molecule has 0 saturated carbocycles. The largest absolute Gasteiger partial charge is 0.500 e. The molecule has 1 fully saturated rings. The molecule has 1 atom stereocenters. The summed E-state index contributed by atoms with van der Waals surface area (Å²) in [5, 5.41) is -0.176. The van der Waals surface area contributed by atoms with Crippen molar-refractivity contribution in [2.24, 2.45) is 5.11 Å². The fourth-order valence-corrected chi connectivity index (χ4v) is 2.35. The molecule has 0 N–H and O–H groups in total. The minimum absolute atomic E-state index is 0.0916. The van der Waals surface area contributed by atoms with Crippen molar-refractivity contribution in [2.45, 2.75) is 23.4 Å². The number of sulfone groups is 1. The molecule has 15 heavy (non-hydrogen) atoms. The highest BCUT2D eigenvalue weighted by atomic mass is 32.2. The van der Waals surface area contributed by atoms with E-state index in [4.69, 9.17) is 5.53 Å². The first kappa shape index (κ1) is 12.1. The average Bonchev–Trinajstić information content (AvgIpc) is 2.53. The second-order valence-corrected chi connectivity index (χ2v) is 4.91. The summed E-state index contributed by atoms with van der Waals surface area (Å²) in [5.41, 5.74) is 2.57. The Bertz CT molecular complexity index is 391. The summed E-state index contributed by atoms with van der Waals surface area (Å²) in [6.45, 7) is -0.186. The zero-order valence-corrected chi connectivity index (χ0v) is 8.05. The number of hydrogen-bond donors (Lipinski definition) is 0. The van der Waals surface area contributed by atoms with Gasteiger partial charge in [-0.3, -0.25) is 0 Å². The molecule has 1 aliphatic rings. The molecule has 0 aromatic carbocycles. The molecule has 0 aromatic rings. The summed E-state index contributed by atoms with van der Waals surface area (Å²) >= 11 is 0. The standard InChI is InChI=1S/C5H6F3N3O3S/c6-5(7,8)15(12,13)4(10-11-9)2-1-3-14-4/h1-3H2. The van der Waals surface area contributed by atoms with Gasteiger partial charge >= 0.3 is 5.51 Å². The first-order valence-electron chi connectivity index (χ1n) is 3.78. The van der Waals surface area contributed by atoms with E-state index in [1.165, 1.54) is 0 Å². The molecule has 0 aromatic heterocycles. The zero-order valence-electron chi connectivity index (χ0n) is 7.23. The van der Waals surface area contributed by atoms with Crippen LogP contribution < -0.4 is 0 Å². The van der Waals surface area contributed by atoms with Crippen LogP contribution in [-0.4, -0.2) is 25.6 Å². The van der Waals surface area contributed by atoms with Gasteiger partial charge in [-0.25, -0.2) is 8.42 Å². The van der Waals surface area contributed by atoms with Gasteiger partial charge in [0, 0.05) is 11.5 Å². The first-order valence-corrected chi connectivity index (χ1v) is 5.26. The van der Waals surface area contributed by atoms with Crippen LogP contribution in [0.25, 0.3) is 10.4 Å². The average molecular weight is 245 g/mol. The van der Waals surface area contributed by atoms with E-state index in [0.29, 0.717) is 0 Å². The molecule has 10 heteroatoms. The van der Waals surface area contributed by atoms with E-state index in [9.17, 15) is 21.6 Å². The smallest absolute Gasteiger partial charge is 0.354 e. The molecular weight excluding hydrogens is 239 g/mol. The van der Waals surface area contributed by atoms with Crippen molar-refractivity contribution in [1.82, 2.24) is 0 Å². The lowest BCUT2D eigenvalue weighted by Crippen LogP contribution is -2.44. The minimum atomic E-state index is -5.64. The molecule has 1 rings (SSSR count). The molecule has 0 amide bonds. The van der Waals surface area contributed by atoms with Gasteiger partial charge in [0.1, 0.15) is 0 Å². The van der Waals surface area contributed by atoms with Crippen molar-refractivity contribution in [3.05, 3.63) is 10.4 Å². The summed E-state index contributed by atoms with van der Waals surface area (Å²) < 4.78 is 63.2. The van der Waals surface area contributed by atoms with Gasteiger partial charge in [-0.1, -0.05) is 0 Å². The highest BCUT2D eigenvalue weighted by Gasteiger charge is 2.61. The Balaban J connectivity index is 3.28. The summed E-state index contributed by atoms with van der Waals surface area (Å²) in [4.78, 5) is 2.09. The second-order valence-electron chi connectivity index (χ2n) is 2.80. The van der Waals surface area contributed by atoms with Gasteiger partial charge in [-0.2, -0.15) is 13.2 Å². The van der Waals surface area contributed by atoms with Gasteiger partial charge in [0.2, 0.25) is 0 Å². The van der Waals surface area contributed by atoms with Gasteiger partial charge in [-0.05, 0) is 23.5 Å². The predicted octanol–water partition coefficient (Wildman–Crippen LogP) is 1.70. The number of azide groups is 1. The van der Waals surface area contributed by atoms with Crippen LogP contribution in [0.2, 0.25) is 0 Å². The quantitative estimate of drug-likeness (QED) is 0.421. The molecule has 0 spiro atoms.